The van der Waals surface area contributed by atoms with Crippen molar-refractivity contribution >= 4 is 28.5 Å². The quantitative estimate of drug-likeness (QED) is 0.625. The van der Waals surface area contributed by atoms with E-state index in [0.29, 0.717) is 42.4 Å². The fourth-order valence-corrected chi connectivity index (χ4v) is 2.84. The number of carbonyl (C=O) groups excluding carboxylic acids is 1. The standard InChI is InChI=1S/C19H20ClN3O3/c1-2-26-10-9-23-17-8-5-14(11-16(17)22-19(23)25)18(24)21-12-13-3-6-15(20)7-4-13/h3-8,11H,2,9-10,12H2,1H3,(H,21,24)(H,22,25). The molecular formula is C19H20ClN3O3. The van der Waals surface area contributed by atoms with E-state index in [9.17, 15) is 9.59 Å². The number of hydrogen-bond acceptors (Lipinski definition) is 3. The van der Waals surface area contributed by atoms with Crippen LogP contribution in [0.5, 0.6) is 0 Å². The summed E-state index contributed by atoms with van der Waals surface area (Å²) in [5.74, 6) is -0.204. The molecule has 0 aliphatic heterocycles. The number of rotatable bonds is 7. The Morgan fingerprint density at radius 3 is 2.73 bits per heavy atom. The molecule has 3 aromatic rings. The summed E-state index contributed by atoms with van der Waals surface area (Å²) in [7, 11) is 0. The van der Waals surface area contributed by atoms with Crippen molar-refractivity contribution in [3.05, 3.63) is 69.1 Å². The molecule has 0 aliphatic carbocycles. The number of imidazole rings is 1. The maximum atomic E-state index is 12.4. The molecule has 2 aromatic carbocycles. The Labute approximate surface area is 155 Å². The van der Waals surface area contributed by atoms with Gasteiger partial charge in [-0.15, -0.1) is 0 Å². The number of aromatic amines is 1. The largest absolute Gasteiger partial charge is 0.380 e. The van der Waals surface area contributed by atoms with E-state index in [1.165, 1.54) is 0 Å². The maximum Gasteiger partial charge on any atom is 0.326 e. The average Bonchev–Trinajstić information content (AvgIpc) is 2.96. The van der Waals surface area contributed by atoms with Gasteiger partial charge in [-0.05, 0) is 42.8 Å². The van der Waals surface area contributed by atoms with Crippen LogP contribution < -0.4 is 11.0 Å². The van der Waals surface area contributed by atoms with E-state index in [2.05, 4.69) is 10.3 Å². The van der Waals surface area contributed by atoms with E-state index in [4.69, 9.17) is 16.3 Å². The van der Waals surface area contributed by atoms with Crippen LogP contribution in [0.2, 0.25) is 5.02 Å². The van der Waals surface area contributed by atoms with Crippen LogP contribution >= 0.6 is 11.6 Å². The number of nitrogens with one attached hydrogen (secondary N) is 2. The first kappa shape index (κ1) is 18.2. The lowest BCUT2D eigenvalue weighted by Crippen LogP contribution is -2.22. The van der Waals surface area contributed by atoms with Gasteiger partial charge in [0.25, 0.3) is 5.91 Å². The first-order chi connectivity index (χ1) is 12.6. The SMILES string of the molecule is CCOCCn1c(=O)[nH]c2cc(C(=O)NCc3ccc(Cl)cc3)ccc21. The van der Waals surface area contributed by atoms with E-state index >= 15 is 0 Å². The second-order valence-electron chi connectivity index (χ2n) is 5.82. The van der Waals surface area contributed by atoms with Crippen LogP contribution in [0.15, 0.2) is 47.3 Å². The van der Waals surface area contributed by atoms with Gasteiger partial charge in [0.2, 0.25) is 0 Å². The van der Waals surface area contributed by atoms with Crippen molar-refractivity contribution in [3.63, 3.8) is 0 Å². The lowest BCUT2D eigenvalue weighted by Gasteiger charge is -2.07. The molecule has 0 fully saturated rings. The molecule has 6 nitrogen and oxygen atoms in total. The zero-order valence-electron chi connectivity index (χ0n) is 14.4. The van der Waals surface area contributed by atoms with Crippen molar-refractivity contribution in [2.75, 3.05) is 13.2 Å². The molecule has 3 rings (SSSR count). The van der Waals surface area contributed by atoms with Gasteiger partial charge in [-0.2, -0.15) is 0 Å². The highest BCUT2D eigenvalue weighted by Crippen LogP contribution is 2.14. The van der Waals surface area contributed by atoms with Crippen molar-refractivity contribution in [2.45, 2.75) is 20.0 Å². The topological polar surface area (TPSA) is 76.1 Å². The molecular weight excluding hydrogens is 354 g/mol. The molecule has 0 aliphatic rings. The van der Waals surface area contributed by atoms with Crippen molar-refractivity contribution in [2.24, 2.45) is 0 Å². The van der Waals surface area contributed by atoms with Gasteiger partial charge >= 0.3 is 5.69 Å². The van der Waals surface area contributed by atoms with Gasteiger partial charge in [-0.1, -0.05) is 23.7 Å². The van der Waals surface area contributed by atoms with Crippen LogP contribution in [0.1, 0.15) is 22.8 Å². The number of fused-ring (bicyclic) bond motifs is 1. The van der Waals surface area contributed by atoms with Crippen LogP contribution in [-0.2, 0) is 17.8 Å². The van der Waals surface area contributed by atoms with Gasteiger partial charge in [0, 0.05) is 23.7 Å². The fourth-order valence-electron chi connectivity index (χ4n) is 2.71. The van der Waals surface area contributed by atoms with Crippen LogP contribution in [-0.4, -0.2) is 28.7 Å². The number of hydrogen-bond donors (Lipinski definition) is 2. The van der Waals surface area contributed by atoms with Crippen LogP contribution in [0.4, 0.5) is 0 Å². The van der Waals surface area contributed by atoms with Crippen LogP contribution in [0.3, 0.4) is 0 Å². The lowest BCUT2D eigenvalue weighted by atomic mass is 10.1. The number of aromatic nitrogens is 2. The molecule has 0 bridgehead atoms. The third kappa shape index (κ3) is 4.15. The molecule has 0 saturated heterocycles. The zero-order valence-corrected chi connectivity index (χ0v) is 15.2. The van der Waals surface area contributed by atoms with Crippen LogP contribution in [0.25, 0.3) is 11.0 Å². The van der Waals surface area contributed by atoms with E-state index < -0.39 is 0 Å². The summed E-state index contributed by atoms with van der Waals surface area (Å²) in [6, 6.07) is 12.5. The van der Waals surface area contributed by atoms with E-state index in [1.54, 1.807) is 34.9 Å². The minimum atomic E-state index is -0.210. The van der Waals surface area contributed by atoms with Gasteiger partial charge in [-0.3, -0.25) is 9.36 Å². The second kappa shape index (κ2) is 8.21. The Morgan fingerprint density at radius 1 is 1.23 bits per heavy atom. The van der Waals surface area contributed by atoms with Crippen LogP contribution in [0, 0.1) is 0 Å². The fraction of sp³-hybridized carbons (Fsp3) is 0.263. The van der Waals surface area contributed by atoms with Crippen molar-refractivity contribution in [3.8, 4) is 0 Å². The highest BCUT2D eigenvalue weighted by Gasteiger charge is 2.11. The summed E-state index contributed by atoms with van der Waals surface area (Å²) >= 11 is 5.85. The third-order valence-electron chi connectivity index (χ3n) is 4.07. The van der Waals surface area contributed by atoms with Gasteiger partial charge in [0.15, 0.2) is 0 Å². The monoisotopic (exact) mass is 373 g/mol. The smallest absolute Gasteiger partial charge is 0.326 e. The molecule has 0 unspecified atom stereocenters. The van der Waals surface area contributed by atoms with Gasteiger partial charge in [0.05, 0.1) is 24.2 Å². The van der Waals surface area contributed by atoms with Crippen molar-refractivity contribution in [1.82, 2.24) is 14.9 Å². The highest BCUT2D eigenvalue weighted by atomic mass is 35.5. The Balaban J connectivity index is 1.72. The number of H-pyrrole nitrogens is 1. The Kier molecular flexibility index (Phi) is 5.75. The minimum Gasteiger partial charge on any atom is -0.380 e. The highest BCUT2D eigenvalue weighted by molar-refractivity contribution is 6.30. The summed E-state index contributed by atoms with van der Waals surface area (Å²) in [6.45, 7) is 3.85. The molecule has 0 saturated carbocycles. The van der Waals surface area contributed by atoms with Gasteiger partial charge in [-0.25, -0.2) is 4.79 Å². The number of halogens is 1. The first-order valence-corrected chi connectivity index (χ1v) is 8.79. The summed E-state index contributed by atoms with van der Waals surface area (Å²) in [6.07, 6.45) is 0. The number of amides is 1. The molecule has 26 heavy (non-hydrogen) atoms. The predicted octanol–water partition coefficient (Wildman–Crippen LogP) is 2.95. The summed E-state index contributed by atoms with van der Waals surface area (Å²) in [4.78, 5) is 27.3. The number of ether oxygens (including phenoxy) is 1. The molecule has 0 radical (unpaired) electrons. The molecule has 1 aromatic heterocycles. The molecule has 1 amide bonds. The van der Waals surface area contributed by atoms with Crippen molar-refractivity contribution in [1.29, 1.82) is 0 Å². The molecule has 136 valence electrons. The molecule has 0 atom stereocenters. The first-order valence-electron chi connectivity index (χ1n) is 8.41. The molecule has 1 heterocycles. The Morgan fingerprint density at radius 2 is 2.00 bits per heavy atom. The number of carbonyl (C=O) groups is 1. The summed E-state index contributed by atoms with van der Waals surface area (Å²) in [5, 5.41) is 3.52. The maximum absolute atomic E-state index is 12.4. The van der Waals surface area contributed by atoms with E-state index in [-0.39, 0.29) is 11.6 Å². The normalized spacial score (nSPS) is 11.0. The van der Waals surface area contributed by atoms with Crippen molar-refractivity contribution < 1.29 is 9.53 Å². The number of nitrogens with zero attached hydrogens (tertiary/aromatic N) is 1. The third-order valence-corrected chi connectivity index (χ3v) is 4.32. The average molecular weight is 374 g/mol. The predicted molar refractivity (Wildman–Crippen MR) is 102 cm³/mol. The lowest BCUT2D eigenvalue weighted by molar-refractivity contribution is 0.0951. The summed E-state index contributed by atoms with van der Waals surface area (Å²) < 4.78 is 6.92. The molecule has 2 N–H and O–H groups in total. The molecule has 7 heteroatoms. The zero-order chi connectivity index (χ0) is 18.5. The summed E-state index contributed by atoms with van der Waals surface area (Å²) in [5.41, 5.74) is 2.62. The minimum absolute atomic E-state index is 0.204. The van der Waals surface area contributed by atoms with E-state index in [0.717, 1.165) is 11.1 Å². The van der Waals surface area contributed by atoms with Gasteiger partial charge < -0.3 is 15.0 Å². The van der Waals surface area contributed by atoms with E-state index in [1.807, 2.05) is 19.1 Å². The Hall–Kier alpha value is -2.57. The van der Waals surface area contributed by atoms with Gasteiger partial charge in [0.1, 0.15) is 0 Å². The second-order valence-corrected chi connectivity index (χ2v) is 6.26. The number of benzene rings is 2. The molecule has 0 spiro atoms. The Bertz CT molecular complexity index is 960.